The largest absolute Gasteiger partial charge is 0.261 e. The van der Waals surface area contributed by atoms with E-state index in [1.807, 2.05) is 25.1 Å². The van der Waals surface area contributed by atoms with Crippen LogP contribution in [0.4, 0.5) is 0 Å². The lowest BCUT2D eigenvalue weighted by Crippen LogP contribution is -1.92. The van der Waals surface area contributed by atoms with Crippen LogP contribution >= 0.6 is 10.7 Å². The lowest BCUT2D eigenvalue weighted by atomic mass is 10.1. The maximum absolute atomic E-state index is 11.3. The van der Waals surface area contributed by atoms with Crippen LogP contribution in [0.3, 0.4) is 0 Å². The van der Waals surface area contributed by atoms with Crippen molar-refractivity contribution in [3.63, 3.8) is 0 Å². The molecule has 0 aliphatic heterocycles. The summed E-state index contributed by atoms with van der Waals surface area (Å²) >= 11 is 0. The molecule has 0 atom stereocenters. The molecule has 0 saturated carbocycles. The monoisotopic (exact) mass is 240 g/mol. The normalized spacial score (nSPS) is 11.9. The highest BCUT2D eigenvalue weighted by Gasteiger charge is 2.13. The Kier molecular flexibility index (Phi) is 2.44. The van der Waals surface area contributed by atoms with Crippen molar-refractivity contribution in [1.82, 2.24) is 0 Å². The molecular weight excluding hydrogens is 232 g/mol. The van der Waals surface area contributed by atoms with Gasteiger partial charge < -0.3 is 0 Å². The number of rotatable bonds is 1. The van der Waals surface area contributed by atoms with Crippen molar-refractivity contribution in [1.29, 1.82) is 0 Å². The lowest BCUT2D eigenvalue weighted by Gasteiger charge is -2.05. The average Bonchev–Trinajstić information content (AvgIpc) is 2.16. The van der Waals surface area contributed by atoms with Crippen LogP contribution in [0.1, 0.15) is 5.56 Å². The van der Waals surface area contributed by atoms with Crippen molar-refractivity contribution >= 4 is 30.5 Å². The Labute approximate surface area is 92.9 Å². The number of fused-ring (bicyclic) bond motifs is 1. The van der Waals surface area contributed by atoms with Gasteiger partial charge in [-0.1, -0.05) is 30.3 Å². The minimum atomic E-state index is -3.67. The van der Waals surface area contributed by atoms with E-state index in [0.29, 0.717) is 5.39 Å². The van der Waals surface area contributed by atoms with E-state index < -0.39 is 9.05 Å². The third-order valence-electron chi connectivity index (χ3n) is 2.36. The molecule has 0 radical (unpaired) electrons. The summed E-state index contributed by atoms with van der Waals surface area (Å²) in [6.07, 6.45) is 0. The van der Waals surface area contributed by atoms with Gasteiger partial charge in [-0.25, -0.2) is 8.42 Å². The third kappa shape index (κ3) is 1.85. The zero-order valence-corrected chi connectivity index (χ0v) is 9.64. The molecule has 0 spiro atoms. The summed E-state index contributed by atoms with van der Waals surface area (Å²) in [5, 5.41) is 1.59. The van der Waals surface area contributed by atoms with Crippen molar-refractivity contribution in [2.24, 2.45) is 0 Å². The molecular formula is C11H9ClO2S. The molecule has 2 rings (SSSR count). The number of hydrogen-bond donors (Lipinski definition) is 0. The van der Waals surface area contributed by atoms with Gasteiger partial charge in [-0.2, -0.15) is 0 Å². The molecule has 0 N–H and O–H groups in total. The maximum Gasteiger partial charge on any atom is 0.261 e. The molecule has 0 amide bonds. The number of benzene rings is 2. The highest BCUT2D eigenvalue weighted by atomic mass is 35.7. The molecule has 2 aromatic rings. The van der Waals surface area contributed by atoms with Crippen molar-refractivity contribution in [3.05, 3.63) is 42.0 Å². The standard InChI is InChI=1S/C11H9ClO2S/c1-8-4-2-6-10-9(8)5-3-7-11(10)15(12,13)14/h2-7H,1H3. The predicted molar refractivity (Wildman–Crippen MR) is 61.7 cm³/mol. The van der Waals surface area contributed by atoms with Crippen LogP contribution in [-0.4, -0.2) is 8.42 Å². The molecule has 0 saturated heterocycles. The van der Waals surface area contributed by atoms with E-state index in [0.717, 1.165) is 10.9 Å². The summed E-state index contributed by atoms with van der Waals surface area (Å²) in [5.41, 5.74) is 1.04. The Morgan fingerprint density at radius 2 is 1.60 bits per heavy atom. The number of halogens is 1. The topological polar surface area (TPSA) is 34.1 Å². The SMILES string of the molecule is Cc1cccc2c(S(=O)(=O)Cl)cccc12. The van der Waals surface area contributed by atoms with E-state index in [1.165, 1.54) is 6.07 Å². The molecule has 2 aromatic carbocycles. The molecule has 15 heavy (non-hydrogen) atoms. The van der Waals surface area contributed by atoms with Gasteiger partial charge >= 0.3 is 0 Å². The van der Waals surface area contributed by atoms with Crippen molar-refractivity contribution in [2.45, 2.75) is 11.8 Å². The van der Waals surface area contributed by atoms with Crippen LogP contribution in [0, 0.1) is 6.92 Å². The van der Waals surface area contributed by atoms with E-state index >= 15 is 0 Å². The van der Waals surface area contributed by atoms with Gasteiger partial charge in [0.15, 0.2) is 0 Å². The van der Waals surface area contributed by atoms with Gasteiger partial charge in [0, 0.05) is 16.1 Å². The quantitative estimate of drug-likeness (QED) is 0.718. The molecule has 0 aliphatic rings. The van der Waals surface area contributed by atoms with Gasteiger partial charge in [0.05, 0.1) is 4.90 Å². The first-order valence-corrected chi connectivity index (χ1v) is 6.74. The zero-order valence-electron chi connectivity index (χ0n) is 8.07. The van der Waals surface area contributed by atoms with Crippen molar-refractivity contribution in [3.8, 4) is 0 Å². The van der Waals surface area contributed by atoms with Crippen LogP contribution in [0.25, 0.3) is 10.8 Å². The fourth-order valence-corrected chi connectivity index (χ4v) is 2.74. The van der Waals surface area contributed by atoms with E-state index in [9.17, 15) is 8.42 Å². The fourth-order valence-electron chi connectivity index (χ4n) is 1.65. The maximum atomic E-state index is 11.3. The number of aryl methyl sites for hydroxylation is 1. The van der Waals surface area contributed by atoms with Gasteiger partial charge in [0.2, 0.25) is 0 Å². The molecule has 78 valence electrons. The van der Waals surface area contributed by atoms with Gasteiger partial charge in [0.1, 0.15) is 0 Å². The third-order valence-corrected chi connectivity index (χ3v) is 3.74. The van der Waals surface area contributed by atoms with Gasteiger partial charge in [0.25, 0.3) is 9.05 Å². The summed E-state index contributed by atoms with van der Waals surface area (Å²) in [6.45, 7) is 1.94. The first-order valence-electron chi connectivity index (χ1n) is 4.43. The van der Waals surface area contributed by atoms with Crippen LogP contribution in [-0.2, 0) is 9.05 Å². The fraction of sp³-hybridized carbons (Fsp3) is 0.0909. The Morgan fingerprint density at radius 1 is 1.00 bits per heavy atom. The van der Waals surface area contributed by atoms with E-state index in [-0.39, 0.29) is 4.90 Å². The van der Waals surface area contributed by atoms with Gasteiger partial charge in [-0.15, -0.1) is 0 Å². The molecule has 0 aromatic heterocycles. The Morgan fingerprint density at radius 3 is 2.27 bits per heavy atom. The molecule has 0 unspecified atom stereocenters. The molecule has 0 heterocycles. The second-order valence-electron chi connectivity index (χ2n) is 3.36. The second kappa shape index (κ2) is 3.51. The zero-order chi connectivity index (χ0) is 11.1. The first-order chi connectivity index (χ1) is 7.00. The van der Waals surface area contributed by atoms with Crippen LogP contribution < -0.4 is 0 Å². The summed E-state index contributed by atoms with van der Waals surface area (Å²) in [4.78, 5) is 0.172. The molecule has 0 bridgehead atoms. The van der Waals surface area contributed by atoms with E-state index in [1.54, 1.807) is 12.1 Å². The number of hydrogen-bond acceptors (Lipinski definition) is 2. The average molecular weight is 241 g/mol. The summed E-state index contributed by atoms with van der Waals surface area (Å²) < 4.78 is 22.6. The van der Waals surface area contributed by atoms with E-state index in [4.69, 9.17) is 10.7 Å². The van der Waals surface area contributed by atoms with Crippen LogP contribution in [0.2, 0.25) is 0 Å². The molecule has 0 aliphatic carbocycles. The van der Waals surface area contributed by atoms with E-state index in [2.05, 4.69) is 0 Å². The summed E-state index contributed by atoms with van der Waals surface area (Å²) in [5.74, 6) is 0. The Bertz CT molecular complexity index is 618. The molecule has 4 heteroatoms. The summed E-state index contributed by atoms with van der Waals surface area (Å²) in [6, 6.07) is 10.6. The minimum Gasteiger partial charge on any atom is -0.207 e. The first kappa shape index (κ1) is 10.5. The Balaban J connectivity index is 2.96. The highest BCUT2D eigenvalue weighted by molar-refractivity contribution is 8.14. The van der Waals surface area contributed by atoms with Crippen molar-refractivity contribution in [2.75, 3.05) is 0 Å². The minimum absolute atomic E-state index is 0.172. The second-order valence-corrected chi connectivity index (χ2v) is 5.90. The lowest BCUT2D eigenvalue weighted by molar-refractivity contribution is 0.610. The molecule has 0 fully saturated rings. The van der Waals surface area contributed by atoms with Crippen LogP contribution in [0.5, 0.6) is 0 Å². The predicted octanol–water partition coefficient (Wildman–Crippen LogP) is 3.08. The highest BCUT2D eigenvalue weighted by Crippen LogP contribution is 2.27. The van der Waals surface area contributed by atoms with Gasteiger partial charge in [-0.3, -0.25) is 0 Å². The van der Waals surface area contributed by atoms with Crippen LogP contribution in [0.15, 0.2) is 41.3 Å². The smallest absolute Gasteiger partial charge is 0.207 e. The Hall–Kier alpha value is -1.06. The molecule has 2 nitrogen and oxygen atoms in total. The van der Waals surface area contributed by atoms with Crippen molar-refractivity contribution < 1.29 is 8.42 Å². The summed E-state index contributed by atoms with van der Waals surface area (Å²) in [7, 11) is 1.69. The van der Waals surface area contributed by atoms with Gasteiger partial charge in [-0.05, 0) is 23.9 Å².